The van der Waals surface area contributed by atoms with Gasteiger partial charge in [0.2, 0.25) is 0 Å². The van der Waals surface area contributed by atoms with Crippen LogP contribution in [0, 0.1) is 5.41 Å². The number of ether oxygens (including phenoxy) is 1. The first-order valence-corrected chi connectivity index (χ1v) is 7.86. The summed E-state index contributed by atoms with van der Waals surface area (Å²) in [5.41, 5.74) is 1.86. The first kappa shape index (κ1) is 14.9. The summed E-state index contributed by atoms with van der Waals surface area (Å²) in [7, 11) is 1.67. The molecule has 3 rings (SSSR count). The molecule has 2 aromatic rings. The van der Waals surface area contributed by atoms with Gasteiger partial charge in [0.25, 0.3) is 0 Å². The molecule has 0 saturated carbocycles. The molecule has 0 amide bonds. The molecule has 3 heteroatoms. The Bertz CT molecular complexity index is 735. The first-order valence-electron chi connectivity index (χ1n) is 7.86. The van der Waals surface area contributed by atoms with E-state index >= 15 is 0 Å². The van der Waals surface area contributed by atoms with Crippen LogP contribution in [0.25, 0.3) is 10.8 Å². The summed E-state index contributed by atoms with van der Waals surface area (Å²) in [6.07, 6.45) is 2.20. The minimum Gasteiger partial charge on any atom is -0.497 e. The van der Waals surface area contributed by atoms with Crippen molar-refractivity contribution in [1.82, 2.24) is 0 Å². The lowest BCUT2D eigenvalue weighted by atomic mass is 9.63. The number of aryl methyl sites for hydroxylation is 1. The summed E-state index contributed by atoms with van der Waals surface area (Å²) >= 11 is 0. The first-order chi connectivity index (χ1) is 10.5. The number of hydrogen-bond donors (Lipinski definition) is 1. The van der Waals surface area contributed by atoms with Crippen LogP contribution in [-0.2, 0) is 11.2 Å². The Morgan fingerprint density at radius 3 is 2.77 bits per heavy atom. The predicted molar refractivity (Wildman–Crippen MR) is 87.6 cm³/mol. The van der Waals surface area contributed by atoms with Crippen molar-refractivity contribution in [2.45, 2.75) is 39.0 Å². The van der Waals surface area contributed by atoms with Gasteiger partial charge in [0.05, 0.1) is 12.5 Å². The van der Waals surface area contributed by atoms with Gasteiger partial charge in [-0.15, -0.1) is 0 Å². The van der Waals surface area contributed by atoms with Crippen molar-refractivity contribution in [2.24, 2.45) is 5.41 Å². The topological polar surface area (TPSA) is 46.5 Å². The normalized spacial score (nSPS) is 24.0. The Hall–Kier alpha value is -2.03. The second-order valence-electron chi connectivity index (χ2n) is 6.26. The zero-order valence-electron chi connectivity index (χ0n) is 13.3. The molecule has 0 bridgehead atoms. The fourth-order valence-corrected chi connectivity index (χ4v) is 3.99. The average molecular weight is 298 g/mol. The van der Waals surface area contributed by atoms with E-state index in [9.17, 15) is 9.90 Å². The Morgan fingerprint density at radius 2 is 2.14 bits per heavy atom. The van der Waals surface area contributed by atoms with Gasteiger partial charge in [0.1, 0.15) is 5.75 Å². The highest BCUT2D eigenvalue weighted by atomic mass is 16.5. The van der Waals surface area contributed by atoms with E-state index in [1.807, 2.05) is 19.1 Å². The van der Waals surface area contributed by atoms with E-state index < -0.39 is 11.4 Å². The second kappa shape index (κ2) is 5.31. The van der Waals surface area contributed by atoms with Gasteiger partial charge in [-0.25, -0.2) is 0 Å². The number of carbonyl (C=O) groups is 1. The molecule has 3 nitrogen and oxygen atoms in total. The van der Waals surface area contributed by atoms with Crippen molar-refractivity contribution >= 4 is 16.7 Å². The second-order valence-corrected chi connectivity index (χ2v) is 6.26. The zero-order chi connectivity index (χ0) is 15.9. The molecular formula is C19H22O3. The maximum absolute atomic E-state index is 11.9. The Balaban J connectivity index is 2.16. The highest BCUT2D eigenvalue weighted by Crippen LogP contribution is 2.49. The van der Waals surface area contributed by atoms with Gasteiger partial charge in [-0.05, 0) is 59.2 Å². The molecule has 0 heterocycles. The number of carboxylic acid groups (broad SMARTS) is 1. The Morgan fingerprint density at radius 1 is 1.36 bits per heavy atom. The van der Waals surface area contributed by atoms with Gasteiger partial charge in [0, 0.05) is 0 Å². The van der Waals surface area contributed by atoms with Gasteiger partial charge < -0.3 is 9.84 Å². The van der Waals surface area contributed by atoms with E-state index in [1.165, 1.54) is 16.5 Å². The Kier molecular flexibility index (Phi) is 3.59. The van der Waals surface area contributed by atoms with E-state index in [4.69, 9.17) is 4.74 Å². The van der Waals surface area contributed by atoms with Crippen molar-refractivity contribution in [3.05, 3.63) is 41.5 Å². The fraction of sp³-hybridized carbons (Fsp3) is 0.421. The summed E-state index contributed by atoms with van der Waals surface area (Å²) in [6.45, 7) is 4.05. The molecule has 0 aliphatic heterocycles. The van der Waals surface area contributed by atoms with Crippen LogP contribution < -0.4 is 4.74 Å². The summed E-state index contributed by atoms with van der Waals surface area (Å²) in [5, 5.41) is 12.1. The number of fused-ring (bicyclic) bond motifs is 3. The maximum Gasteiger partial charge on any atom is 0.310 e. The summed E-state index contributed by atoms with van der Waals surface area (Å²) in [5.74, 6) is 0.220. The lowest BCUT2D eigenvalue weighted by molar-refractivity contribution is -0.151. The number of rotatable bonds is 3. The van der Waals surface area contributed by atoms with Crippen molar-refractivity contribution in [3.63, 3.8) is 0 Å². The van der Waals surface area contributed by atoms with Gasteiger partial charge in [-0.2, -0.15) is 0 Å². The monoisotopic (exact) mass is 298 g/mol. The molecule has 116 valence electrons. The minimum atomic E-state index is -0.664. The average Bonchev–Trinajstić information content (AvgIpc) is 2.54. The van der Waals surface area contributed by atoms with Crippen molar-refractivity contribution in [3.8, 4) is 5.75 Å². The van der Waals surface area contributed by atoms with E-state index in [-0.39, 0.29) is 5.92 Å². The molecule has 22 heavy (non-hydrogen) atoms. The lowest BCUT2D eigenvalue weighted by Crippen LogP contribution is -2.39. The van der Waals surface area contributed by atoms with Crippen LogP contribution in [0.1, 0.15) is 43.7 Å². The number of benzene rings is 2. The SMILES string of the molecule is CCC1(C(=O)O)CCc2c(ccc3cc(OC)ccc23)C1C. The molecule has 0 spiro atoms. The van der Waals surface area contributed by atoms with Gasteiger partial charge in [-0.3, -0.25) is 4.79 Å². The third-order valence-corrected chi connectivity index (χ3v) is 5.55. The van der Waals surface area contributed by atoms with Crippen LogP contribution >= 0.6 is 0 Å². The van der Waals surface area contributed by atoms with Gasteiger partial charge in [0.15, 0.2) is 0 Å². The van der Waals surface area contributed by atoms with Crippen LogP contribution in [0.15, 0.2) is 30.3 Å². The molecule has 0 aromatic heterocycles. The van der Waals surface area contributed by atoms with E-state index in [0.29, 0.717) is 12.8 Å². The molecule has 0 saturated heterocycles. The minimum absolute atomic E-state index is 0.0326. The summed E-state index contributed by atoms with van der Waals surface area (Å²) in [4.78, 5) is 11.9. The van der Waals surface area contributed by atoms with E-state index in [0.717, 1.165) is 17.6 Å². The van der Waals surface area contributed by atoms with Gasteiger partial charge >= 0.3 is 5.97 Å². The largest absolute Gasteiger partial charge is 0.497 e. The van der Waals surface area contributed by atoms with E-state index in [1.54, 1.807) is 7.11 Å². The number of hydrogen-bond acceptors (Lipinski definition) is 2. The van der Waals surface area contributed by atoms with Crippen molar-refractivity contribution in [2.75, 3.05) is 7.11 Å². The lowest BCUT2D eigenvalue weighted by Gasteiger charge is -2.40. The predicted octanol–water partition coefficient (Wildman–Crippen LogP) is 4.38. The number of aliphatic carboxylic acids is 1. The third-order valence-electron chi connectivity index (χ3n) is 5.55. The molecule has 2 atom stereocenters. The molecule has 2 aromatic carbocycles. The smallest absolute Gasteiger partial charge is 0.310 e. The summed E-state index contributed by atoms with van der Waals surface area (Å²) in [6, 6.07) is 10.3. The molecule has 0 radical (unpaired) electrons. The maximum atomic E-state index is 11.9. The third kappa shape index (κ3) is 1.99. The quantitative estimate of drug-likeness (QED) is 0.914. The Labute approximate surface area is 130 Å². The zero-order valence-corrected chi connectivity index (χ0v) is 13.3. The van der Waals surface area contributed by atoms with Crippen LogP contribution in [0.2, 0.25) is 0 Å². The van der Waals surface area contributed by atoms with Crippen molar-refractivity contribution < 1.29 is 14.6 Å². The fourth-order valence-electron chi connectivity index (χ4n) is 3.99. The van der Waals surface area contributed by atoms with Crippen LogP contribution in [0.4, 0.5) is 0 Å². The molecule has 0 fully saturated rings. The summed E-state index contributed by atoms with van der Waals surface area (Å²) < 4.78 is 5.29. The molecular weight excluding hydrogens is 276 g/mol. The van der Waals surface area contributed by atoms with Crippen molar-refractivity contribution in [1.29, 1.82) is 0 Å². The number of carboxylic acids is 1. The van der Waals surface area contributed by atoms with Crippen LogP contribution in [-0.4, -0.2) is 18.2 Å². The molecule has 1 N–H and O–H groups in total. The number of methoxy groups -OCH3 is 1. The van der Waals surface area contributed by atoms with Crippen LogP contribution in [0.5, 0.6) is 5.75 Å². The molecule has 1 aliphatic rings. The van der Waals surface area contributed by atoms with E-state index in [2.05, 4.69) is 25.1 Å². The molecule has 1 aliphatic carbocycles. The standard InChI is InChI=1S/C19H22O3/c1-4-19(18(20)21)10-9-17-15(12(19)2)7-5-13-11-14(22-3)6-8-16(13)17/h5-8,11-12H,4,9-10H2,1-3H3,(H,20,21). The van der Waals surface area contributed by atoms with Gasteiger partial charge in [-0.1, -0.05) is 32.0 Å². The highest BCUT2D eigenvalue weighted by molar-refractivity contribution is 5.89. The highest BCUT2D eigenvalue weighted by Gasteiger charge is 2.45. The molecule has 2 unspecified atom stereocenters. The van der Waals surface area contributed by atoms with Crippen LogP contribution in [0.3, 0.4) is 0 Å².